The van der Waals surface area contributed by atoms with Gasteiger partial charge in [0, 0.05) is 7.05 Å². The van der Waals surface area contributed by atoms with Crippen molar-refractivity contribution in [2.45, 2.75) is 33.6 Å². The first-order valence-electron chi connectivity index (χ1n) is 4.98. The molecule has 0 saturated carbocycles. The van der Waals surface area contributed by atoms with Gasteiger partial charge >= 0.3 is 0 Å². The zero-order chi connectivity index (χ0) is 10.7. The smallest absolute Gasteiger partial charge is 0.161 e. The molecule has 0 atom stereocenters. The SMILES string of the molecule is Cc1nc(C#N)c(CCC(C)C)n1C. The molecule has 0 spiro atoms. The van der Waals surface area contributed by atoms with Gasteiger partial charge in [-0.05, 0) is 25.7 Å². The molecule has 0 aliphatic rings. The van der Waals surface area contributed by atoms with Gasteiger partial charge in [-0.25, -0.2) is 4.98 Å². The van der Waals surface area contributed by atoms with Gasteiger partial charge in [-0.2, -0.15) is 5.26 Å². The molecule has 0 amide bonds. The second kappa shape index (κ2) is 4.28. The lowest BCUT2D eigenvalue weighted by Crippen LogP contribution is -2.02. The Bertz CT molecular complexity index is 355. The first-order valence-corrected chi connectivity index (χ1v) is 4.98. The Morgan fingerprint density at radius 3 is 2.64 bits per heavy atom. The van der Waals surface area contributed by atoms with Gasteiger partial charge in [0.1, 0.15) is 11.9 Å². The van der Waals surface area contributed by atoms with Crippen LogP contribution in [-0.2, 0) is 13.5 Å². The van der Waals surface area contributed by atoms with Crippen molar-refractivity contribution >= 4 is 0 Å². The maximum Gasteiger partial charge on any atom is 0.161 e. The van der Waals surface area contributed by atoms with E-state index in [9.17, 15) is 0 Å². The highest BCUT2D eigenvalue weighted by Crippen LogP contribution is 2.14. The summed E-state index contributed by atoms with van der Waals surface area (Å²) >= 11 is 0. The van der Waals surface area contributed by atoms with E-state index in [0.29, 0.717) is 11.6 Å². The van der Waals surface area contributed by atoms with Crippen molar-refractivity contribution in [1.82, 2.24) is 9.55 Å². The third-order valence-electron chi connectivity index (χ3n) is 2.50. The third-order valence-corrected chi connectivity index (χ3v) is 2.50. The van der Waals surface area contributed by atoms with Crippen molar-refractivity contribution in [1.29, 1.82) is 5.26 Å². The van der Waals surface area contributed by atoms with Crippen molar-refractivity contribution in [2.75, 3.05) is 0 Å². The summed E-state index contributed by atoms with van der Waals surface area (Å²) in [6.45, 7) is 6.31. The summed E-state index contributed by atoms with van der Waals surface area (Å²) in [7, 11) is 1.97. The van der Waals surface area contributed by atoms with Crippen molar-refractivity contribution in [2.24, 2.45) is 13.0 Å². The van der Waals surface area contributed by atoms with E-state index in [1.165, 1.54) is 0 Å². The van der Waals surface area contributed by atoms with Crippen LogP contribution < -0.4 is 0 Å². The van der Waals surface area contributed by atoms with Crippen molar-refractivity contribution in [3.63, 3.8) is 0 Å². The second-order valence-electron chi connectivity index (χ2n) is 4.06. The number of hydrogen-bond donors (Lipinski definition) is 0. The summed E-state index contributed by atoms with van der Waals surface area (Å²) in [4.78, 5) is 4.21. The third kappa shape index (κ3) is 2.14. The number of imidazole rings is 1. The van der Waals surface area contributed by atoms with Crippen LogP contribution in [0.4, 0.5) is 0 Å². The minimum absolute atomic E-state index is 0.589. The molecule has 0 unspecified atom stereocenters. The molecule has 0 radical (unpaired) electrons. The summed E-state index contributed by atoms with van der Waals surface area (Å²) in [6.07, 6.45) is 2.05. The molecule has 3 heteroatoms. The quantitative estimate of drug-likeness (QED) is 0.735. The number of aryl methyl sites for hydroxylation is 1. The molecular weight excluding hydrogens is 174 g/mol. The molecule has 0 saturated heterocycles. The van der Waals surface area contributed by atoms with E-state index >= 15 is 0 Å². The maximum absolute atomic E-state index is 8.90. The van der Waals surface area contributed by atoms with Crippen LogP contribution >= 0.6 is 0 Å². The highest BCUT2D eigenvalue weighted by molar-refractivity contribution is 5.28. The Hall–Kier alpha value is -1.30. The first kappa shape index (κ1) is 10.8. The van der Waals surface area contributed by atoms with Gasteiger partial charge in [-0.15, -0.1) is 0 Å². The van der Waals surface area contributed by atoms with E-state index in [-0.39, 0.29) is 0 Å². The fourth-order valence-corrected chi connectivity index (χ4v) is 1.46. The zero-order valence-corrected chi connectivity index (χ0v) is 9.33. The summed E-state index contributed by atoms with van der Waals surface area (Å²) < 4.78 is 2.01. The molecule has 14 heavy (non-hydrogen) atoms. The molecule has 0 aliphatic carbocycles. The first-order chi connectivity index (χ1) is 6.56. The minimum Gasteiger partial charge on any atom is -0.334 e. The Kier molecular flexibility index (Phi) is 3.29. The molecule has 0 bridgehead atoms. The van der Waals surface area contributed by atoms with Crippen LogP contribution in [-0.4, -0.2) is 9.55 Å². The van der Waals surface area contributed by atoms with Gasteiger partial charge in [-0.1, -0.05) is 13.8 Å². The van der Waals surface area contributed by atoms with Gasteiger partial charge in [0.2, 0.25) is 0 Å². The van der Waals surface area contributed by atoms with Crippen LogP contribution in [0.15, 0.2) is 0 Å². The topological polar surface area (TPSA) is 41.6 Å². The average molecular weight is 191 g/mol. The summed E-state index contributed by atoms with van der Waals surface area (Å²) in [5, 5.41) is 8.90. The van der Waals surface area contributed by atoms with Crippen molar-refractivity contribution in [3.05, 3.63) is 17.2 Å². The highest BCUT2D eigenvalue weighted by Gasteiger charge is 2.11. The predicted molar refractivity (Wildman–Crippen MR) is 55.8 cm³/mol. The molecule has 76 valence electrons. The summed E-state index contributed by atoms with van der Waals surface area (Å²) in [6, 6.07) is 2.15. The van der Waals surface area contributed by atoms with Crippen LogP contribution in [0.5, 0.6) is 0 Å². The average Bonchev–Trinajstić information content (AvgIpc) is 2.40. The van der Waals surface area contributed by atoms with E-state index in [1.54, 1.807) is 0 Å². The summed E-state index contributed by atoms with van der Waals surface area (Å²) in [5.74, 6) is 1.58. The summed E-state index contributed by atoms with van der Waals surface area (Å²) in [5.41, 5.74) is 1.66. The molecule has 0 fully saturated rings. The van der Waals surface area contributed by atoms with Crippen LogP contribution in [0, 0.1) is 24.2 Å². The lowest BCUT2D eigenvalue weighted by atomic mass is 10.1. The van der Waals surface area contributed by atoms with Gasteiger partial charge in [0.25, 0.3) is 0 Å². The molecule has 0 N–H and O–H groups in total. The number of rotatable bonds is 3. The van der Waals surface area contributed by atoms with Crippen LogP contribution in [0.3, 0.4) is 0 Å². The van der Waals surface area contributed by atoms with E-state index in [1.807, 2.05) is 18.5 Å². The molecule has 1 aromatic rings. The minimum atomic E-state index is 0.589. The largest absolute Gasteiger partial charge is 0.334 e. The monoisotopic (exact) mass is 191 g/mol. The van der Waals surface area contributed by atoms with Gasteiger partial charge < -0.3 is 4.57 Å². The Morgan fingerprint density at radius 2 is 2.14 bits per heavy atom. The second-order valence-corrected chi connectivity index (χ2v) is 4.06. The lowest BCUT2D eigenvalue weighted by Gasteiger charge is -2.06. The van der Waals surface area contributed by atoms with E-state index in [2.05, 4.69) is 24.9 Å². The number of aromatic nitrogens is 2. The Labute approximate surface area is 85.4 Å². The van der Waals surface area contributed by atoms with Gasteiger partial charge in [0.15, 0.2) is 5.69 Å². The molecule has 1 aromatic heterocycles. The van der Waals surface area contributed by atoms with Crippen LogP contribution in [0.1, 0.15) is 37.5 Å². The van der Waals surface area contributed by atoms with Crippen LogP contribution in [0.2, 0.25) is 0 Å². The van der Waals surface area contributed by atoms with Gasteiger partial charge in [-0.3, -0.25) is 0 Å². The Balaban J connectivity index is 2.90. The lowest BCUT2D eigenvalue weighted by molar-refractivity contribution is 0.571. The molecule has 3 nitrogen and oxygen atoms in total. The van der Waals surface area contributed by atoms with Crippen LogP contribution in [0.25, 0.3) is 0 Å². The Morgan fingerprint density at radius 1 is 1.50 bits per heavy atom. The highest BCUT2D eigenvalue weighted by atomic mass is 15.1. The fraction of sp³-hybridized carbons (Fsp3) is 0.636. The maximum atomic E-state index is 8.90. The molecule has 0 aromatic carbocycles. The van der Waals surface area contributed by atoms with Gasteiger partial charge in [0.05, 0.1) is 5.69 Å². The standard InChI is InChI=1S/C11H17N3/c1-8(2)5-6-11-10(7-12)13-9(3)14(11)4/h8H,5-6H2,1-4H3. The zero-order valence-electron chi connectivity index (χ0n) is 9.33. The molecule has 0 aliphatic heterocycles. The molecule has 1 rings (SSSR count). The van der Waals surface area contributed by atoms with E-state index in [4.69, 9.17) is 5.26 Å². The number of hydrogen-bond acceptors (Lipinski definition) is 2. The predicted octanol–water partition coefficient (Wildman–Crippen LogP) is 2.19. The molecular formula is C11H17N3. The van der Waals surface area contributed by atoms with Crippen molar-refractivity contribution in [3.8, 4) is 6.07 Å². The number of nitriles is 1. The van der Waals surface area contributed by atoms with Crippen molar-refractivity contribution < 1.29 is 0 Å². The normalized spacial score (nSPS) is 10.6. The van der Waals surface area contributed by atoms with E-state index < -0.39 is 0 Å². The number of nitrogens with zero attached hydrogens (tertiary/aromatic N) is 3. The van der Waals surface area contributed by atoms with E-state index in [0.717, 1.165) is 24.4 Å². The fourth-order valence-electron chi connectivity index (χ4n) is 1.46. The molecule has 1 heterocycles.